The zero-order chi connectivity index (χ0) is 22.5. The molecule has 1 atom stereocenters. The van der Waals surface area contributed by atoms with Crippen molar-refractivity contribution in [1.29, 1.82) is 0 Å². The van der Waals surface area contributed by atoms with Crippen LogP contribution in [0.4, 0.5) is 13.6 Å². The Morgan fingerprint density at radius 1 is 1.16 bits per heavy atom. The molecule has 1 aromatic carbocycles. The van der Waals surface area contributed by atoms with E-state index in [0.29, 0.717) is 26.2 Å². The highest BCUT2D eigenvalue weighted by molar-refractivity contribution is 5.79. The number of carbonyl (C=O) groups excluding carboxylic acids is 1. The maximum atomic E-state index is 14.5. The van der Waals surface area contributed by atoms with Gasteiger partial charge in [0.15, 0.2) is 0 Å². The predicted molar refractivity (Wildman–Crippen MR) is 111 cm³/mol. The number of benzene rings is 1. The summed E-state index contributed by atoms with van der Waals surface area (Å²) in [5, 5.41) is 1.29. The molecule has 0 bridgehead atoms. The summed E-state index contributed by atoms with van der Waals surface area (Å²) in [5.74, 6) is -1.23. The summed E-state index contributed by atoms with van der Waals surface area (Å²) in [5.41, 5.74) is 4.74. The number of carbonyl (C=O) groups is 1. The number of amides is 1. The van der Waals surface area contributed by atoms with Crippen molar-refractivity contribution in [2.75, 3.05) is 31.2 Å². The fourth-order valence-corrected chi connectivity index (χ4v) is 3.79. The van der Waals surface area contributed by atoms with E-state index in [0.717, 1.165) is 25.0 Å². The summed E-state index contributed by atoms with van der Waals surface area (Å²) in [7, 11) is 0. The fourth-order valence-electron chi connectivity index (χ4n) is 3.79. The monoisotopic (exact) mass is 435 g/mol. The van der Waals surface area contributed by atoms with Crippen LogP contribution in [0.1, 0.15) is 45.5 Å². The van der Waals surface area contributed by atoms with E-state index in [1.807, 2.05) is 0 Å². The largest absolute Gasteiger partial charge is 0.444 e. The van der Waals surface area contributed by atoms with Crippen molar-refractivity contribution in [3.05, 3.63) is 39.9 Å². The van der Waals surface area contributed by atoms with Crippen LogP contribution in [0, 0.1) is 17.6 Å². The third kappa shape index (κ3) is 4.21. The molecule has 1 saturated carbocycles. The molecule has 1 saturated heterocycles. The fraction of sp³-hybridized carbons (Fsp3) is 0.571. The third-order valence-electron chi connectivity index (χ3n) is 5.55. The molecule has 4 rings (SSSR count). The molecule has 1 aliphatic carbocycles. The van der Waals surface area contributed by atoms with Crippen molar-refractivity contribution >= 4 is 17.0 Å². The van der Waals surface area contributed by atoms with E-state index < -0.39 is 40.3 Å². The lowest BCUT2D eigenvalue weighted by Crippen LogP contribution is -2.57. The van der Waals surface area contributed by atoms with Crippen molar-refractivity contribution in [3.8, 4) is 0 Å². The Kier molecular flexibility index (Phi) is 5.36. The number of nitrogens with two attached hydrogens (primary N) is 1. The Hall–Kier alpha value is -2.75. The topological polar surface area (TPSA) is 93.7 Å². The van der Waals surface area contributed by atoms with Crippen LogP contribution in [-0.4, -0.2) is 52.4 Å². The second-order valence-electron chi connectivity index (χ2n) is 9.12. The number of fused-ring (bicyclic) bond motifs is 1. The van der Waals surface area contributed by atoms with E-state index in [1.54, 1.807) is 30.7 Å². The summed E-state index contributed by atoms with van der Waals surface area (Å²) in [6.07, 6.45) is 1.36. The lowest BCUT2D eigenvalue weighted by atomic mass is 10.1. The van der Waals surface area contributed by atoms with Gasteiger partial charge in [0.2, 0.25) is 0 Å². The molecule has 2 N–H and O–H groups in total. The van der Waals surface area contributed by atoms with Gasteiger partial charge in [0.25, 0.3) is 5.56 Å². The Morgan fingerprint density at radius 3 is 2.35 bits per heavy atom. The minimum atomic E-state index is -0.832. The van der Waals surface area contributed by atoms with Gasteiger partial charge in [-0.3, -0.25) is 4.79 Å². The van der Waals surface area contributed by atoms with Crippen molar-refractivity contribution in [2.24, 2.45) is 11.7 Å². The number of nitrogens with zero attached hydrogens (tertiary/aromatic N) is 4. The van der Waals surface area contributed by atoms with Crippen LogP contribution in [0.3, 0.4) is 0 Å². The maximum Gasteiger partial charge on any atom is 0.410 e. The first-order valence-corrected chi connectivity index (χ1v) is 10.5. The van der Waals surface area contributed by atoms with E-state index in [9.17, 15) is 18.4 Å². The van der Waals surface area contributed by atoms with Gasteiger partial charge >= 0.3 is 6.09 Å². The van der Waals surface area contributed by atoms with Crippen LogP contribution < -0.4 is 16.3 Å². The molecule has 168 valence electrons. The summed E-state index contributed by atoms with van der Waals surface area (Å²) >= 11 is 0. The number of ether oxygens (including phenoxy) is 1. The molecule has 1 aliphatic heterocycles. The summed E-state index contributed by atoms with van der Waals surface area (Å²) < 4.78 is 35.5. The van der Waals surface area contributed by atoms with Crippen LogP contribution in [-0.2, 0) is 4.74 Å². The number of halogens is 2. The van der Waals surface area contributed by atoms with Crippen LogP contribution >= 0.6 is 0 Å². The molecule has 31 heavy (non-hydrogen) atoms. The van der Waals surface area contributed by atoms with Crippen molar-refractivity contribution in [3.63, 3.8) is 0 Å². The van der Waals surface area contributed by atoms with Crippen LogP contribution in [0.2, 0.25) is 0 Å². The minimum Gasteiger partial charge on any atom is -0.444 e. The SMILES string of the molecule is CC(C)(C)OC(=O)N1CCN(n2c([C@@H](N)C3CC3)nc3c(F)ccc(F)c3c2=O)CC1. The minimum absolute atomic E-state index is 0.148. The lowest BCUT2D eigenvalue weighted by Gasteiger charge is -2.38. The zero-order valence-corrected chi connectivity index (χ0v) is 17.9. The number of aromatic nitrogens is 2. The molecule has 2 aromatic rings. The molecule has 1 amide bonds. The Balaban J connectivity index is 1.69. The van der Waals surface area contributed by atoms with Gasteiger partial charge in [-0.15, -0.1) is 0 Å². The summed E-state index contributed by atoms with van der Waals surface area (Å²) in [6, 6.07) is 1.32. The lowest BCUT2D eigenvalue weighted by molar-refractivity contribution is 0.0231. The van der Waals surface area contributed by atoms with Gasteiger partial charge in [-0.1, -0.05) is 0 Å². The first kappa shape index (κ1) is 21.5. The van der Waals surface area contributed by atoms with Gasteiger partial charge in [0.1, 0.15) is 34.0 Å². The molecule has 0 radical (unpaired) electrons. The molecule has 2 aliphatic rings. The first-order valence-electron chi connectivity index (χ1n) is 10.5. The van der Waals surface area contributed by atoms with E-state index in [-0.39, 0.29) is 17.3 Å². The van der Waals surface area contributed by atoms with Gasteiger partial charge < -0.3 is 20.4 Å². The Morgan fingerprint density at radius 2 is 1.77 bits per heavy atom. The number of hydrogen-bond acceptors (Lipinski definition) is 6. The average molecular weight is 435 g/mol. The van der Waals surface area contributed by atoms with Crippen molar-refractivity contribution in [2.45, 2.75) is 45.3 Å². The van der Waals surface area contributed by atoms with E-state index >= 15 is 0 Å². The standard InChI is InChI=1S/C21H27F2N5O3/c1-21(2,3)31-20(30)26-8-10-27(11-9-26)28-18(16(24)12-4-5-12)25-17-14(23)7-6-13(22)15(17)19(28)29/h6-7,12,16H,4-5,8-11,24H2,1-3H3/t16-/m0/s1. The highest BCUT2D eigenvalue weighted by Crippen LogP contribution is 2.39. The highest BCUT2D eigenvalue weighted by Gasteiger charge is 2.35. The third-order valence-corrected chi connectivity index (χ3v) is 5.55. The second-order valence-corrected chi connectivity index (χ2v) is 9.12. The summed E-state index contributed by atoms with van der Waals surface area (Å²) in [6.45, 7) is 6.59. The summed E-state index contributed by atoms with van der Waals surface area (Å²) in [4.78, 5) is 31.5. The smallest absolute Gasteiger partial charge is 0.410 e. The van der Waals surface area contributed by atoms with Crippen LogP contribution in [0.15, 0.2) is 16.9 Å². The quantitative estimate of drug-likeness (QED) is 0.795. The van der Waals surface area contributed by atoms with Gasteiger partial charge in [-0.2, -0.15) is 0 Å². The average Bonchev–Trinajstić information content (AvgIpc) is 3.54. The van der Waals surface area contributed by atoms with Gasteiger partial charge in [0.05, 0.1) is 19.1 Å². The zero-order valence-electron chi connectivity index (χ0n) is 17.9. The molecule has 0 unspecified atom stereocenters. The van der Waals surface area contributed by atoms with Gasteiger partial charge in [-0.05, 0) is 51.7 Å². The molecule has 8 nitrogen and oxygen atoms in total. The van der Waals surface area contributed by atoms with E-state index in [1.165, 1.54) is 4.68 Å². The predicted octanol–water partition coefficient (Wildman–Crippen LogP) is 2.27. The van der Waals surface area contributed by atoms with Gasteiger partial charge in [-0.25, -0.2) is 23.2 Å². The van der Waals surface area contributed by atoms with E-state index in [4.69, 9.17) is 10.5 Å². The number of piperazine rings is 1. The van der Waals surface area contributed by atoms with Crippen LogP contribution in [0.5, 0.6) is 0 Å². The second kappa shape index (κ2) is 7.74. The first-order chi connectivity index (χ1) is 14.6. The van der Waals surface area contributed by atoms with Crippen molar-refractivity contribution < 1.29 is 18.3 Å². The molecule has 1 aromatic heterocycles. The number of rotatable bonds is 3. The Labute approximate surface area is 178 Å². The molecule has 10 heteroatoms. The molecular formula is C21H27F2N5O3. The number of hydrogen-bond donors (Lipinski definition) is 1. The molecule has 0 spiro atoms. The maximum absolute atomic E-state index is 14.5. The normalized spacial score (nSPS) is 18.4. The van der Waals surface area contributed by atoms with Crippen LogP contribution in [0.25, 0.3) is 10.9 Å². The van der Waals surface area contributed by atoms with Crippen molar-refractivity contribution in [1.82, 2.24) is 14.6 Å². The molecule has 2 fully saturated rings. The molecular weight excluding hydrogens is 408 g/mol. The Bertz CT molecular complexity index is 1070. The highest BCUT2D eigenvalue weighted by atomic mass is 19.1. The van der Waals surface area contributed by atoms with Gasteiger partial charge in [0, 0.05) is 13.1 Å². The molecule has 2 heterocycles. The van der Waals surface area contributed by atoms with E-state index in [2.05, 4.69) is 4.98 Å².